The van der Waals surface area contributed by atoms with Crippen molar-refractivity contribution in [1.82, 2.24) is 14.1 Å². The summed E-state index contributed by atoms with van der Waals surface area (Å²) in [4.78, 5) is 0.345. The van der Waals surface area contributed by atoms with E-state index < -0.39 is 10.0 Å². The quantitative estimate of drug-likeness (QED) is 0.882. The summed E-state index contributed by atoms with van der Waals surface area (Å²) in [7, 11) is -3.44. The summed E-state index contributed by atoms with van der Waals surface area (Å²) in [5.74, 6) is 0. The van der Waals surface area contributed by atoms with Crippen LogP contribution in [-0.4, -0.2) is 47.3 Å². The SMILES string of the molecule is Cc1nn(CCCO)c(C)c1S(=O)(=O)N1CCCCC1. The van der Waals surface area contributed by atoms with Crippen molar-refractivity contribution in [3.05, 3.63) is 11.4 Å². The molecule has 1 saturated heterocycles. The molecule has 6 nitrogen and oxygen atoms in total. The minimum Gasteiger partial charge on any atom is -0.396 e. The molecule has 2 heterocycles. The third-order valence-electron chi connectivity index (χ3n) is 3.76. The fourth-order valence-electron chi connectivity index (χ4n) is 2.73. The molecule has 0 spiro atoms. The van der Waals surface area contributed by atoms with Crippen LogP contribution in [0, 0.1) is 13.8 Å². The molecule has 114 valence electrons. The van der Waals surface area contributed by atoms with Gasteiger partial charge in [0.1, 0.15) is 4.90 Å². The van der Waals surface area contributed by atoms with Gasteiger partial charge in [-0.2, -0.15) is 9.40 Å². The molecule has 1 N–H and O–H groups in total. The average Bonchev–Trinajstić information content (AvgIpc) is 2.72. The maximum Gasteiger partial charge on any atom is 0.246 e. The van der Waals surface area contributed by atoms with Crippen molar-refractivity contribution in [2.75, 3.05) is 19.7 Å². The molecular formula is C13H23N3O3S. The lowest BCUT2D eigenvalue weighted by atomic mass is 10.2. The van der Waals surface area contributed by atoms with Crippen LogP contribution in [0.3, 0.4) is 0 Å². The first-order valence-electron chi connectivity index (χ1n) is 7.13. The molecule has 0 amide bonds. The van der Waals surface area contributed by atoms with Crippen molar-refractivity contribution in [3.8, 4) is 0 Å². The Morgan fingerprint density at radius 2 is 1.85 bits per heavy atom. The van der Waals surface area contributed by atoms with Crippen LogP contribution in [0.15, 0.2) is 4.90 Å². The minimum absolute atomic E-state index is 0.0759. The number of piperidine rings is 1. The van der Waals surface area contributed by atoms with Gasteiger partial charge in [-0.25, -0.2) is 8.42 Å². The van der Waals surface area contributed by atoms with Crippen molar-refractivity contribution < 1.29 is 13.5 Å². The Hall–Kier alpha value is -0.920. The summed E-state index contributed by atoms with van der Waals surface area (Å²) in [5, 5.41) is 13.2. The second kappa shape index (κ2) is 6.24. The fourth-order valence-corrected chi connectivity index (χ4v) is 4.62. The predicted octanol–water partition coefficient (Wildman–Crippen LogP) is 1.06. The van der Waals surface area contributed by atoms with E-state index in [4.69, 9.17) is 5.11 Å². The van der Waals surface area contributed by atoms with Gasteiger partial charge in [0.05, 0.1) is 11.4 Å². The van der Waals surface area contributed by atoms with Crippen LogP contribution >= 0.6 is 0 Å². The lowest BCUT2D eigenvalue weighted by Gasteiger charge is -2.25. The molecule has 1 aliphatic rings. The molecule has 0 aliphatic carbocycles. The molecule has 2 rings (SSSR count). The molecule has 7 heteroatoms. The van der Waals surface area contributed by atoms with Gasteiger partial charge in [-0.05, 0) is 33.1 Å². The van der Waals surface area contributed by atoms with Crippen LogP contribution in [0.5, 0.6) is 0 Å². The van der Waals surface area contributed by atoms with Gasteiger partial charge < -0.3 is 5.11 Å². The predicted molar refractivity (Wildman–Crippen MR) is 76.0 cm³/mol. The van der Waals surface area contributed by atoms with E-state index >= 15 is 0 Å². The number of sulfonamides is 1. The van der Waals surface area contributed by atoms with Crippen molar-refractivity contribution in [2.45, 2.75) is 51.0 Å². The van der Waals surface area contributed by atoms with Gasteiger partial charge in [0.25, 0.3) is 0 Å². The van der Waals surface area contributed by atoms with Gasteiger partial charge in [0, 0.05) is 26.2 Å². The molecule has 0 saturated carbocycles. The van der Waals surface area contributed by atoms with E-state index in [1.165, 1.54) is 0 Å². The van der Waals surface area contributed by atoms with E-state index in [2.05, 4.69) is 5.10 Å². The number of aliphatic hydroxyl groups is 1. The van der Waals surface area contributed by atoms with Crippen LogP contribution in [0.25, 0.3) is 0 Å². The highest BCUT2D eigenvalue weighted by atomic mass is 32.2. The maximum atomic E-state index is 12.7. The van der Waals surface area contributed by atoms with Gasteiger partial charge in [-0.15, -0.1) is 0 Å². The lowest BCUT2D eigenvalue weighted by molar-refractivity contribution is 0.276. The van der Waals surface area contributed by atoms with Gasteiger partial charge in [-0.1, -0.05) is 6.42 Å². The standard InChI is InChI=1S/C13H23N3O3S/c1-11-13(12(2)16(14-11)9-6-10-17)20(18,19)15-7-4-3-5-8-15/h17H,3-10H2,1-2H3. The number of aromatic nitrogens is 2. The molecule has 0 bridgehead atoms. The van der Waals surface area contributed by atoms with Gasteiger partial charge in [-0.3, -0.25) is 4.68 Å². The molecule has 1 aromatic heterocycles. The van der Waals surface area contributed by atoms with E-state index in [1.54, 1.807) is 22.8 Å². The minimum atomic E-state index is -3.44. The highest BCUT2D eigenvalue weighted by Gasteiger charge is 2.31. The number of hydrogen-bond acceptors (Lipinski definition) is 4. The molecule has 0 radical (unpaired) electrons. The fraction of sp³-hybridized carbons (Fsp3) is 0.769. The third kappa shape index (κ3) is 2.89. The first kappa shape index (κ1) is 15.5. The second-order valence-electron chi connectivity index (χ2n) is 5.26. The van der Waals surface area contributed by atoms with Gasteiger partial charge in [0.15, 0.2) is 0 Å². The first-order valence-corrected chi connectivity index (χ1v) is 8.57. The van der Waals surface area contributed by atoms with Crippen LogP contribution < -0.4 is 0 Å². The van der Waals surface area contributed by atoms with E-state index in [0.717, 1.165) is 19.3 Å². The summed E-state index contributed by atoms with van der Waals surface area (Å²) < 4.78 is 28.7. The van der Waals surface area contributed by atoms with Crippen molar-refractivity contribution in [2.24, 2.45) is 0 Å². The summed E-state index contributed by atoms with van der Waals surface area (Å²) >= 11 is 0. The smallest absolute Gasteiger partial charge is 0.246 e. The van der Waals surface area contributed by atoms with Crippen LogP contribution in [0.2, 0.25) is 0 Å². The Morgan fingerprint density at radius 3 is 2.45 bits per heavy atom. The zero-order valence-electron chi connectivity index (χ0n) is 12.2. The Morgan fingerprint density at radius 1 is 1.20 bits per heavy atom. The third-order valence-corrected chi connectivity index (χ3v) is 5.91. The van der Waals surface area contributed by atoms with Crippen molar-refractivity contribution in [1.29, 1.82) is 0 Å². The first-order chi connectivity index (χ1) is 9.48. The Labute approximate surface area is 120 Å². The summed E-state index contributed by atoms with van der Waals surface area (Å²) in [6, 6.07) is 0. The second-order valence-corrected chi connectivity index (χ2v) is 7.14. The molecule has 1 fully saturated rings. The summed E-state index contributed by atoms with van der Waals surface area (Å²) in [6.07, 6.45) is 3.52. The van der Waals surface area contributed by atoms with E-state index in [1.807, 2.05) is 0 Å². The van der Waals surface area contributed by atoms with Crippen LogP contribution in [0.4, 0.5) is 0 Å². The van der Waals surface area contributed by atoms with Crippen molar-refractivity contribution in [3.63, 3.8) is 0 Å². The highest BCUT2D eigenvalue weighted by molar-refractivity contribution is 7.89. The molecule has 20 heavy (non-hydrogen) atoms. The monoisotopic (exact) mass is 301 g/mol. The highest BCUT2D eigenvalue weighted by Crippen LogP contribution is 2.26. The molecule has 1 aromatic rings. The molecule has 1 aliphatic heterocycles. The van der Waals surface area contributed by atoms with E-state index in [0.29, 0.717) is 42.3 Å². The average molecular weight is 301 g/mol. The topological polar surface area (TPSA) is 75.4 Å². The Balaban J connectivity index is 2.33. The number of hydrogen-bond donors (Lipinski definition) is 1. The zero-order chi connectivity index (χ0) is 14.8. The zero-order valence-corrected chi connectivity index (χ0v) is 13.0. The molecule has 0 atom stereocenters. The van der Waals surface area contributed by atoms with Crippen LogP contribution in [-0.2, 0) is 16.6 Å². The van der Waals surface area contributed by atoms with E-state index in [-0.39, 0.29) is 6.61 Å². The van der Waals surface area contributed by atoms with Gasteiger partial charge >= 0.3 is 0 Å². The van der Waals surface area contributed by atoms with E-state index in [9.17, 15) is 8.42 Å². The maximum absolute atomic E-state index is 12.7. The summed E-state index contributed by atoms with van der Waals surface area (Å²) in [5.41, 5.74) is 1.22. The van der Waals surface area contributed by atoms with Crippen molar-refractivity contribution >= 4 is 10.0 Å². The van der Waals surface area contributed by atoms with Crippen LogP contribution in [0.1, 0.15) is 37.1 Å². The number of nitrogens with zero attached hydrogens (tertiary/aromatic N) is 3. The lowest BCUT2D eigenvalue weighted by Crippen LogP contribution is -2.36. The Kier molecular flexibility index (Phi) is 4.82. The Bertz CT molecular complexity index is 560. The largest absolute Gasteiger partial charge is 0.396 e. The number of aryl methyl sites for hydroxylation is 2. The normalized spacial score (nSPS) is 17.6. The molecule has 0 aromatic carbocycles. The number of rotatable bonds is 5. The number of aliphatic hydroxyl groups excluding tert-OH is 1. The molecule has 0 unspecified atom stereocenters. The van der Waals surface area contributed by atoms with Gasteiger partial charge in [0.2, 0.25) is 10.0 Å². The molecular weight excluding hydrogens is 278 g/mol. The summed E-state index contributed by atoms with van der Waals surface area (Å²) in [6.45, 7) is 5.34.